The summed E-state index contributed by atoms with van der Waals surface area (Å²) in [6, 6.07) is 3.60. The van der Waals surface area contributed by atoms with Crippen molar-refractivity contribution in [3.63, 3.8) is 0 Å². The molecule has 0 bridgehead atoms. The minimum Gasteiger partial charge on any atom is -0.382 e. The summed E-state index contributed by atoms with van der Waals surface area (Å²) >= 11 is 0. The Labute approximate surface area is 98.4 Å². The van der Waals surface area contributed by atoms with Gasteiger partial charge in [-0.15, -0.1) is 10.2 Å². The second-order valence-corrected chi connectivity index (χ2v) is 3.62. The van der Waals surface area contributed by atoms with Crippen molar-refractivity contribution in [2.45, 2.75) is 0 Å². The molecule has 0 aromatic carbocycles. The lowest BCUT2D eigenvalue weighted by atomic mass is 10.4. The van der Waals surface area contributed by atoms with Gasteiger partial charge < -0.3 is 10.6 Å². The number of nitrogens with zero attached hydrogens (tertiary/aromatic N) is 5. The Bertz CT molecular complexity index is 515. The number of nitrogens with two attached hydrogens (primary N) is 1. The summed E-state index contributed by atoms with van der Waals surface area (Å²) in [5.41, 5.74) is 6.92. The van der Waals surface area contributed by atoms with E-state index in [0.717, 1.165) is 0 Å². The van der Waals surface area contributed by atoms with E-state index in [2.05, 4.69) is 25.4 Å². The van der Waals surface area contributed by atoms with Gasteiger partial charge in [0.2, 0.25) is 0 Å². The number of rotatable bonds is 3. The Kier molecular flexibility index (Phi) is 2.99. The van der Waals surface area contributed by atoms with Gasteiger partial charge in [0.05, 0.1) is 6.20 Å². The normalized spacial score (nSPS) is 10.9. The van der Waals surface area contributed by atoms with Crippen LogP contribution in [0.3, 0.4) is 0 Å². The zero-order chi connectivity index (χ0) is 12.3. The molecule has 7 nitrogen and oxygen atoms in total. The van der Waals surface area contributed by atoms with E-state index in [9.17, 15) is 0 Å². The predicted octanol–water partition coefficient (Wildman–Crippen LogP) is 1.87. The zero-order valence-electron chi connectivity index (χ0n) is 9.62. The van der Waals surface area contributed by atoms with Crippen molar-refractivity contribution in [1.82, 2.24) is 15.2 Å². The zero-order valence-corrected chi connectivity index (χ0v) is 9.62. The monoisotopic (exact) mass is 231 g/mol. The van der Waals surface area contributed by atoms with Crippen molar-refractivity contribution in [3.8, 4) is 0 Å². The van der Waals surface area contributed by atoms with Gasteiger partial charge in [-0.3, -0.25) is 10.1 Å². The second kappa shape index (κ2) is 4.60. The number of hydrogen-bond acceptors (Lipinski definition) is 6. The van der Waals surface area contributed by atoms with Crippen LogP contribution in [0, 0.1) is 0 Å². The molecule has 0 aliphatic rings. The molecule has 0 unspecified atom stereocenters. The Morgan fingerprint density at radius 1 is 1.35 bits per heavy atom. The van der Waals surface area contributed by atoms with Gasteiger partial charge in [0.25, 0.3) is 0 Å². The van der Waals surface area contributed by atoms with Crippen molar-refractivity contribution in [1.29, 1.82) is 0 Å². The third-order valence-corrected chi connectivity index (χ3v) is 2.08. The highest BCUT2D eigenvalue weighted by Crippen LogP contribution is 2.31. The first-order valence-electron chi connectivity index (χ1n) is 5.01. The number of anilines is 2. The van der Waals surface area contributed by atoms with Gasteiger partial charge in [-0.25, -0.2) is 0 Å². The maximum atomic E-state index is 5.73. The Morgan fingerprint density at radius 3 is 2.82 bits per heavy atom. The lowest BCUT2D eigenvalue weighted by molar-refractivity contribution is 1.01. The second-order valence-electron chi connectivity index (χ2n) is 3.62. The first-order valence-corrected chi connectivity index (χ1v) is 5.01. The summed E-state index contributed by atoms with van der Waals surface area (Å²) in [4.78, 5) is 5.76. The molecular formula is C10H13N7. The summed E-state index contributed by atoms with van der Waals surface area (Å²) in [6.07, 6.45) is 3.30. The molecule has 0 amide bonds. The summed E-state index contributed by atoms with van der Waals surface area (Å²) in [7, 11) is 3.72. The molecule has 7 heteroatoms. The lowest BCUT2D eigenvalue weighted by Crippen LogP contribution is -2.09. The fourth-order valence-electron chi connectivity index (χ4n) is 1.27. The molecule has 88 valence electrons. The van der Waals surface area contributed by atoms with Crippen LogP contribution < -0.4 is 10.6 Å². The van der Waals surface area contributed by atoms with Crippen LogP contribution in [0.1, 0.15) is 0 Å². The SMILES string of the molecule is CN(C)c1n[nH]c(N)c1N=Nc1cccnc1. The van der Waals surface area contributed by atoms with E-state index in [4.69, 9.17) is 5.73 Å². The molecule has 0 saturated heterocycles. The van der Waals surface area contributed by atoms with Gasteiger partial charge in [0, 0.05) is 20.3 Å². The van der Waals surface area contributed by atoms with Crippen molar-refractivity contribution in [3.05, 3.63) is 24.5 Å². The minimum absolute atomic E-state index is 0.390. The molecule has 0 atom stereocenters. The van der Waals surface area contributed by atoms with Crippen LogP contribution in [0.15, 0.2) is 34.8 Å². The van der Waals surface area contributed by atoms with Crippen molar-refractivity contribution < 1.29 is 0 Å². The van der Waals surface area contributed by atoms with Gasteiger partial charge in [0.1, 0.15) is 11.5 Å². The van der Waals surface area contributed by atoms with Gasteiger partial charge >= 0.3 is 0 Å². The first-order chi connectivity index (χ1) is 8.18. The molecule has 2 heterocycles. The fourth-order valence-corrected chi connectivity index (χ4v) is 1.27. The number of hydrogen-bond donors (Lipinski definition) is 2. The van der Waals surface area contributed by atoms with Crippen LogP contribution in [0.4, 0.5) is 23.0 Å². The molecule has 2 aromatic rings. The van der Waals surface area contributed by atoms with Crippen molar-refractivity contribution >= 4 is 23.0 Å². The van der Waals surface area contributed by atoms with Crippen molar-refractivity contribution in [2.75, 3.05) is 24.7 Å². The van der Waals surface area contributed by atoms with Gasteiger partial charge in [-0.1, -0.05) is 0 Å². The molecule has 2 rings (SSSR count). The van der Waals surface area contributed by atoms with Crippen LogP contribution in [-0.4, -0.2) is 29.3 Å². The van der Waals surface area contributed by atoms with E-state index in [1.165, 1.54) is 0 Å². The van der Waals surface area contributed by atoms with E-state index < -0.39 is 0 Å². The van der Waals surface area contributed by atoms with Crippen LogP contribution in [0.5, 0.6) is 0 Å². The lowest BCUT2D eigenvalue weighted by Gasteiger charge is -2.07. The maximum absolute atomic E-state index is 5.73. The van der Waals surface area contributed by atoms with Gasteiger partial charge in [-0.2, -0.15) is 5.10 Å². The van der Waals surface area contributed by atoms with E-state index in [-0.39, 0.29) is 0 Å². The maximum Gasteiger partial charge on any atom is 0.180 e. The molecule has 0 aliphatic heterocycles. The summed E-state index contributed by atoms with van der Waals surface area (Å²) < 4.78 is 0. The highest BCUT2D eigenvalue weighted by Gasteiger charge is 2.11. The van der Waals surface area contributed by atoms with E-state index in [0.29, 0.717) is 23.0 Å². The largest absolute Gasteiger partial charge is 0.382 e. The smallest absolute Gasteiger partial charge is 0.180 e. The molecule has 0 saturated carbocycles. The average Bonchev–Trinajstić information content (AvgIpc) is 2.69. The molecule has 0 aliphatic carbocycles. The van der Waals surface area contributed by atoms with Gasteiger partial charge in [-0.05, 0) is 12.1 Å². The Hall–Kier alpha value is -2.44. The minimum atomic E-state index is 0.390. The van der Waals surface area contributed by atoms with E-state index in [1.807, 2.05) is 25.1 Å². The molecular weight excluding hydrogens is 218 g/mol. The highest BCUT2D eigenvalue weighted by molar-refractivity contribution is 5.72. The van der Waals surface area contributed by atoms with Crippen molar-refractivity contribution in [2.24, 2.45) is 10.2 Å². The fraction of sp³-hybridized carbons (Fsp3) is 0.200. The number of pyridine rings is 1. The van der Waals surface area contributed by atoms with Crippen LogP contribution in [0.25, 0.3) is 0 Å². The van der Waals surface area contributed by atoms with Gasteiger partial charge in [0.15, 0.2) is 11.5 Å². The third-order valence-electron chi connectivity index (χ3n) is 2.08. The summed E-state index contributed by atoms with van der Waals surface area (Å²) in [5.74, 6) is 1.04. The molecule has 0 spiro atoms. The molecule has 0 radical (unpaired) electrons. The highest BCUT2D eigenvalue weighted by atomic mass is 15.3. The number of aromatic nitrogens is 3. The molecule has 2 aromatic heterocycles. The summed E-state index contributed by atoms with van der Waals surface area (Å²) in [5, 5.41) is 14.8. The molecule has 17 heavy (non-hydrogen) atoms. The Balaban J connectivity index is 2.30. The first kappa shape index (κ1) is 11.1. The van der Waals surface area contributed by atoms with Crippen LogP contribution >= 0.6 is 0 Å². The number of H-pyrrole nitrogens is 1. The van der Waals surface area contributed by atoms with E-state index >= 15 is 0 Å². The third kappa shape index (κ3) is 2.39. The topological polar surface area (TPSA) is 95.5 Å². The number of nitrogens with one attached hydrogen (secondary N) is 1. The van der Waals surface area contributed by atoms with Crippen LogP contribution in [-0.2, 0) is 0 Å². The number of nitrogen functional groups attached to an aromatic ring is 1. The average molecular weight is 231 g/mol. The molecule has 3 N–H and O–H groups in total. The quantitative estimate of drug-likeness (QED) is 0.788. The molecule has 0 fully saturated rings. The number of aromatic amines is 1. The van der Waals surface area contributed by atoms with E-state index in [1.54, 1.807) is 18.5 Å². The predicted molar refractivity (Wildman–Crippen MR) is 65.7 cm³/mol. The standard InChI is InChI=1S/C10H13N7/c1-17(2)10-8(9(11)15-16-10)14-13-7-4-3-5-12-6-7/h3-6H,1-2H3,(H3,11,15,16). The Morgan fingerprint density at radius 2 is 2.18 bits per heavy atom. The van der Waals surface area contributed by atoms with Crippen LogP contribution in [0.2, 0.25) is 0 Å². The number of azo groups is 1. The summed E-state index contributed by atoms with van der Waals surface area (Å²) in [6.45, 7) is 0.